The summed E-state index contributed by atoms with van der Waals surface area (Å²) in [5.41, 5.74) is 0. The summed E-state index contributed by atoms with van der Waals surface area (Å²) in [6.07, 6.45) is -3.95. The molecule has 0 radical (unpaired) electrons. The van der Waals surface area contributed by atoms with E-state index in [1.54, 1.807) is 0 Å². The number of aliphatic hydroxyl groups is 4. The van der Waals surface area contributed by atoms with Crippen molar-refractivity contribution in [2.45, 2.75) is 37.3 Å². The molecule has 1 unspecified atom stereocenters. The third-order valence-corrected chi connectivity index (χ3v) is 3.00. The Morgan fingerprint density at radius 1 is 1.38 bits per heavy atom. The second-order valence-corrected chi connectivity index (χ2v) is 4.01. The van der Waals surface area contributed by atoms with Crippen LogP contribution in [0.3, 0.4) is 0 Å². The minimum Gasteiger partial charge on any atom is -0.480 e. The van der Waals surface area contributed by atoms with E-state index in [0.29, 0.717) is 0 Å². The van der Waals surface area contributed by atoms with Crippen molar-refractivity contribution in [3.05, 3.63) is 0 Å². The van der Waals surface area contributed by atoms with Gasteiger partial charge in [0.25, 0.3) is 0 Å². The van der Waals surface area contributed by atoms with E-state index in [1.165, 1.54) is 11.8 Å². The van der Waals surface area contributed by atoms with E-state index < -0.39 is 43.0 Å². The van der Waals surface area contributed by atoms with Crippen molar-refractivity contribution in [3.8, 4) is 0 Å². The summed E-state index contributed by atoms with van der Waals surface area (Å²) in [4.78, 5) is 12.1. The molecule has 0 spiro atoms. The standard InChI is InChI=1S/C9H17NO6/c1-4(9(15)16)10-2-6(12)8(14)7(13)5(10)3-11/h4-8,11-14H,2-3H2,1H3,(H,15,16)/t4?,5-,6+,7-,8-/m1/s1. The van der Waals surface area contributed by atoms with Gasteiger partial charge in [-0.05, 0) is 6.92 Å². The van der Waals surface area contributed by atoms with Crippen molar-refractivity contribution in [2.75, 3.05) is 13.2 Å². The summed E-state index contributed by atoms with van der Waals surface area (Å²) < 4.78 is 0. The maximum Gasteiger partial charge on any atom is 0.320 e. The fraction of sp³-hybridized carbons (Fsp3) is 0.889. The zero-order chi connectivity index (χ0) is 12.5. The van der Waals surface area contributed by atoms with Crippen molar-refractivity contribution in [1.29, 1.82) is 0 Å². The van der Waals surface area contributed by atoms with Gasteiger partial charge in [-0.3, -0.25) is 9.69 Å². The number of hydrogen-bond acceptors (Lipinski definition) is 6. The van der Waals surface area contributed by atoms with Gasteiger partial charge in [-0.15, -0.1) is 0 Å². The van der Waals surface area contributed by atoms with E-state index in [9.17, 15) is 20.1 Å². The first kappa shape index (κ1) is 13.3. The molecule has 7 nitrogen and oxygen atoms in total. The summed E-state index contributed by atoms with van der Waals surface area (Å²) in [7, 11) is 0. The molecule has 0 bridgehead atoms. The lowest BCUT2D eigenvalue weighted by Crippen LogP contribution is -2.65. The van der Waals surface area contributed by atoms with Crippen LogP contribution in [0.25, 0.3) is 0 Å². The Morgan fingerprint density at radius 2 is 1.94 bits per heavy atom. The number of rotatable bonds is 3. The molecule has 5 N–H and O–H groups in total. The predicted octanol–water partition coefficient (Wildman–Crippen LogP) is -2.78. The van der Waals surface area contributed by atoms with E-state index in [1.807, 2.05) is 0 Å². The topological polar surface area (TPSA) is 121 Å². The van der Waals surface area contributed by atoms with E-state index in [4.69, 9.17) is 10.2 Å². The second kappa shape index (κ2) is 5.07. The fourth-order valence-corrected chi connectivity index (χ4v) is 1.91. The molecule has 0 aromatic heterocycles. The third-order valence-electron chi connectivity index (χ3n) is 3.00. The number of carbonyl (C=O) groups is 1. The summed E-state index contributed by atoms with van der Waals surface area (Å²) in [5.74, 6) is -1.12. The quantitative estimate of drug-likeness (QED) is 0.358. The number of nitrogens with zero attached hydrogens (tertiary/aromatic N) is 1. The van der Waals surface area contributed by atoms with Gasteiger partial charge in [-0.2, -0.15) is 0 Å². The minimum absolute atomic E-state index is 0.100. The molecular formula is C9H17NO6. The van der Waals surface area contributed by atoms with Gasteiger partial charge in [0.15, 0.2) is 0 Å². The Bertz CT molecular complexity index is 260. The van der Waals surface area contributed by atoms with Gasteiger partial charge in [0, 0.05) is 6.54 Å². The maximum absolute atomic E-state index is 10.8. The van der Waals surface area contributed by atoms with Gasteiger partial charge in [0.2, 0.25) is 0 Å². The summed E-state index contributed by atoms with van der Waals surface area (Å²) in [6, 6.07) is -1.83. The zero-order valence-electron chi connectivity index (χ0n) is 8.89. The molecule has 1 aliphatic rings. The minimum atomic E-state index is -1.37. The highest BCUT2D eigenvalue weighted by atomic mass is 16.4. The molecule has 1 saturated heterocycles. The van der Waals surface area contributed by atoms with Gasteiger partial charge in [-0.25, -0.2) is 0 Å². The zero-order valence-corrected chi connectivity index (χ0v) is 8.89. The first-order chi connectivity index (χ1) is 7.40. The van der Waals surface area contributed by atoms with Crippen molar-refractivity contribution in [2.24, 2.45) is 0 Å². The highest BCUT2D eigenvalue weighted by molar-refractivity contribution is 5.73. The van der Waals surface area contributed by atoms with Crippen LogP contribution in [-0.2, 0) is 4.79 Å². The normalized spacial score (nSPS) is 38.3. The molecule has 5 atom stereocenters. The van der Waals surface area contributed by atoms with Crippen LogP contribution in [0.15, 0.2) is 0 Å². The number of carboxylic acid groups (broad SMARTS) is 1. The predicted molar refractivity (Wildman–Crippen MR) is 52.7 cm³/mol. The average Bonchev–Trinajstić information content (AvgIpc) is 2.24. The fourth-order valence-electron chi connectivity index (χ4n) is 1.91. The van der Waals surface area contributed by atoms with Gasteiger partial charge in [0.05, 0.1) is 18.8 Å². The number of aliphatic hydroxyl groups excluding tert-OH is 4. The lowest BCUT2D eigenvalue weighted by molar-refractivity contribution is -0.167. The van der Waals surface area contributed by atoms with Gasteiger partial charge < -0.3 is 25.5 Å². The molecule has 1 fully saturated rings. The molecule has 1 rings (SSSR count). The number of likely N-dealkylation sites (tertiary alicyclic amines) is 1. The van der Waals surface area contributed by atoms with Crippen LogP contribution in [-0.4, -0.2) is 79.9 Å². The summed E-state index contributed by atoms with van der Waals surface area (Å²) in [5, 5.41) is 46.4. The van der Waals surface area contributed by atoms with Crippen LogP contribution < -0.4 is 0 Å². The van der Waals surface area contributed by atoms with Crippen molar-refractivity contribution in [1.82, 2.24) is 4.90 Å². The molecule has 7 heteroatoms. The molecule has 94 valence electrons. The molecule has 0 aromatic carbocycles. The first-order valence-electron chi connectivity index (χ1n) is 5.03. The number of aliphatic carboxylic acids is 1. The Morgan fingerprint density at radius 3 is 2.38 bits per heavy atom. The largest absolute Gasteiger partial charge is 0.480 e. The van der Waals surface area contributed by atoms with Crippen molar-refractivity contribution < 1.29 is 30.3 Å². The molecule has 0 saturated carbocycles. The first-order valence-corrected chi connectivity index (χ1v) is 5.03. The van der Waals surface area contributed by atoms with Crippen molar-refractivity contribution >= 4 is 5.97 Å². The summed E-state index contributed by atoms with van der Waals surface area (Å²) in [6.45, 7) is 0.807. The smallest absolute Gasteiger partial charge is 0.320 e. The molecular weight excluding hydrogens is 218 g/mol. The van der Waals surface area contributed by atoms with Crippen LogP contribution in [0, 0.1) is 0 Å². The highest BCUT2D eigenvalue weighted by Crippen LogP contribution is 2.21. The number of carboxylic acids is 1. The summed E-state index contributed by atoms with van der Waals surface area (Å²) >= 11 is 0. The lowest BCUT2D eigenvalue weighted by Gasteiger charge is -2.44. The van der Waals surface area contributed by atoms with E-state index in [-0.39, 0.29) is 6.54 Å². The number of piperidine rings is 1. The van der Waals surface area contributed by atoms with Crippen LogP contribution >= 0.6 is 0 Å². The SMILES string of the molecule is CC(C(=O)O)N1C[C@H](O)[C@@H](O)[C@H](O)[C@H]1CO. The second-order valence-electron chi connectivity index (χ2n) is 4.01. The number of hydrogen-bond donors (Lipinski definition) is 5. The van der Waals surface area contributed by atoms with Crippen LogP contribution in [0.2, 0.25) is 0 Å². The van der Waals surface area contributed by atoms with Crippen LogP contribution in [0.4, 0.5) is 0 Å². The Balaban J connectivity index is 2.86. The maximum atomic E-state index is 10.8. The Labute approximate surface area is 92.5 Å². The van der Waals surface area contributed by atoms with E-state index >= 15 is 0 Å². The highest BCUT2D eigenvalue weighted by Gasteiger charge is 2.43. The Kier molecular flexibility index (Phi) is 4.22. The monoisotopic (exact) mass is 235 g/mol. The molecule has 16 heavy (non-hydrogen) atoms. The molecule has 0 aromatic rings. The van der Waals surface area contributed by atoms with Crippen LogP contribution in [0.1, 0.15) is 6.92 Å². The Hall–Kier alpha value is -0.730. The van der Waals surface area contributed by atoms with Gasteiger partial charge >= 0.3 is 5.97 Å². The van der Waals surface area contributed by atoms with E-state index in [2.05, 4.69) is 0 Å². The molecule has 1 heterocycles. The lowest BCUT2D eigenvalue weighted by atomic mass is 9.93. The number of β-amino-alcohol motifs (C(OH)–C–C–N with tert-alkyl or cyclic N) is 1. The molecule has 1 aliphatic heterocycles. The van der Waals surface area contributed by atoms with Crippen molar-refractivity contribution in [3.63, 3.8) is 0 Å². The molecule has 0 amide bonds. The third kappa shape index (κ3) is 2.33. The molecule has 0 aliphatic carbocycles. The van der Waals surface area contributed by atoms with Crippen LogP contribution in [0.5, 0.6) is 0 Å². The van der Waals surface area contributed by atoms with Gasteiger partial charge in [0.1, 0.15) is 18.2 Å². The van der Waals surface area contributed by atoms with E-state index in [0.717, 1.165) is 0 Å². The average molecular weight is 235 g/mol. The van der Waals surface area contributed by atoms with Gasteiger partial charge in [-0.1, -0.05) is 0 Å².